The van der Waals surface area contributed by atoms with Gasteiger partial charge in [-0.3, -0.25) is 19.4 Å². The molecular weight excluding hydrogens is 570 g/mol. The van der Waals surface area contributed by atoms with E-state index in [-0.39, 0.29) is 65.5 Å². The Kier molecular flexibility index (Phi) is 9.44. The quantitative estimate of drug-likeness (QED) is 0.211. The molecule has 7 N–H and O–H groups in total. The molecule has 0 aromatic heterocycles. The van der Waals surface area contributed by atoms with Crippen LogP contribution in [0.2, 0.25) is 0 Å². The Bertz CT molecular complexity index is 1380. The summed E-state index contributed by atoms with van der Waals surface area (Å²) in [7, 11) is 4.91. The Morgan fingerprint density at radius 2 is 1.86 bits per heavy atom. The highest BCUT2D eigenvalue weighted by Gasteiger charge is 2.62. The Morgan fingerprint density at radius 1 is 1.20 bits per heavy atom. The van der Waals surface area contributed by atoms with Crippen LogP contribution in [-0.4, -0.2) is 106 Å². The van der Waals surface area contributed by atoms with Gasteiger partial charge in [0.05, 0.1) is 30.9 Å². The van der Waals surface area contributed by atoms with Crippen LogP contribution in [0, 0.1) is 17.3 Å². The van der Waals surface area contributed by atoms with Crippen molar-refractivity contribution in [2.45, 2.75) is 71.2 Å². The summed E-state index contributed by atoms with van der Waals surface area (Å²) in [5, 5.41) is 54.2. The van der Waals surface area contributed by atoms with Gasteiger partial charge in [0, 0.05) is 41.6 Å². The molecule has 244 valence electrons. The fourth-order valence-corrected chi connectivity index (χ4v) is 7.73. The van der Waals surface area contributed by atoms with E-state index in [2.05, 4.69) is 25.7 Å². The molecule has 0 saturated heterocycles. The normalized spacial score (nSPS) is 26.1. The van der Waals surface area contributed by atoms with Gasteiger partial charge in [0.2, 0.25) is 5.91 Å². The smallest absolute Gasteiger partial charge is 0.248 e. The molecule has 1 amide bonds. The van der Waals surface area contributed by atoms with Gasteiger partial charge in [-0.1, -0.05) is 27.7 Å². The summed E-state index contributed by atoms with van der Waals surface area (Å²) in [6.45, 7) is 8.23. The number of phenols is 1. The van der Waals surface area contributed by atoms with E-state index >= 15 is 0 Å². The maximum Gasteiger partial charge on any atom is 0.248 e. The number of Topliss-reactive ketones (excluding diaryl/α,β-unsaturated/α-hetero) is 1. The summed E-state index contributed by atoms with van der Waals surface area (Å²) in [5.74, 6) is -3.24. The van der Waals surface area contributed by atoms with E-state index in [1.807, 2.05) is 6.92 Å². The van der Waals surface area contributed by atoms with E-state index in [1.54, 1.807) is 19.0 Å². The minimum atomic E-state index is -1.79. The lowest BCUT2D eigenvalue weighted by molar-refractivity contribution is -0.183. The third kappa shape index (κ3) is 5.36. The van der Waals surface area contributed by atoms with Crippen molar-refractivity contribution in [1.29, 1.82) is 0 Å². The van der Waals surface area contributed by atoms with Crippen LogP contribution in [0.25, 0.3) is 5.76 Å². The first-order chi connectivity index (χ1) is 20.6. The fourth-order valence-electron chi connectivity index (χ4n) is 7.73. The molecule has 12 heteroatoms. The molecule has 0 spiro atoms. The number of hydrogen-bond acceptors (Lipinski definition) is 11. The van der Waals surface area contributed by atoms with Gasteiger partial charge < -0.3 is 40.7 Å². The Labute approximate surface area is 258 Å². The van der Waals surface area contributed by atoms with E-state index < -0.39 is 47.7 Å². The second kappa shape index (κ2) is 12.3. The third-order valence-corrected chi connectivity index (χ3v) is 9.73. The maximum atomic E-state index is 14.4. The first-order valence-corrected chi connectivity index (χ1v) is 15.0. The average Bonchev–Trinajstić information content (AvgIpc) is 2.92. The number of rotatable bonds is 10. The standard InChI is InChI=1S/C32H47N3O9/c1-8-35(22(14-36)31(2,3)4)13-17-11-21(38)24-18(28(17)43-7)9-16-10-20-25(34(5)6)26(39)19(30(33)42)12-32(20,44-15-37)29(41)23(16)27(24)40/h11,16,20,22,25,36-40H,8-10,12-15H2,1-7H3,(H2,33,42)/t16-,20-,22+,25-,32-/m0/s1. The summed E-state index contributed by atoms with van der Waals surface area (Å²) in [6, 6.07) is 0.504. The van der Waals surface area contributed by atoms with Gasteiger partial charge in [0.15, 0.2) is 5.78 Å². The summed E-state index contributed by atoms with van der Waals surface area (Å²) in [5.41, 5.74) is 4.71. The number of carbonyl (C=O) groups is 2. The fraction of sp³-hybridized carbons (Fsp3) is 0.625. The molecule has 3 aliphatic rings. The maximum absolute atomic E-state index is 14.4. The monoisotopic (exact) mass is 617 g/mol. The van der Waals surface area contributed by atoms with Crippen LogP contribution < -0.4 is 10.5 Å². The molecule has 44 heavy (non-hydrogen) atoms. The van der Waals surface area contributed by atoms with Crippen molar-refractivity contribution < 1.29 is 44.6 Å². The number of fused-ring (bicyclic) bond motifs is 3. The number of amides is 1. The molecule has 0 unspecified atom stereocenters. The number of ether oxygens (including phenoxy) is 2. The molecule has 1 saturated carbocycles. The van der Waals surface area contributed by atoms with Crippen molar-refractivity contribution in [2.75, 3.05) is 41.1 Å². The SMILES string of the molecule is CCN(Cc1cc(O)c2c(c1OC)C[C@H]1C[C@H]3[C@H](N(C)C)C(O)=C(C(N)=O)C[C@@]3(OCO)C(=O)C1=C2O)[C@H](CO)C(C)(C)C. The number of benzene rings is 1. The van der Waals surface area contributed by atoms with E-state index in [0.29, 0.717) is 30.0 Å². The minimum Gasteiger partial charge on any atom is -0.510 e. The number of nitrogens with two attached hydrogens (primary N) is 1. The average molecular weight is 618 g/mol. The van der Waals surface area contributed by atoms with Crippen molar-refractivity contribution >= 4 is 17.4 Å². The number of carbonyl (C=O) groups excluding carboxylic acids is 2. The topological polar surface area (TPSA) is 186 Å². The number of primary amides is 1. The Hall–Kier alpha value is -3.16. The predicted molar refractivity (Wildman–Crippen MR) is 163 cm³/mol. The zero-order chi connectivity index (χ0) is 32.9. The molecule has 0 heterocycles. The molecule has 12 nitrogen and oxygen atoms in total. The summed E-state index contributed by atoms with van der Waals surface area (Å²) in [6.07, 6.45) is 0.105. The van der Waals surface area contributed by atoms with E-state index in [9.17, 15) is 35.1 Å². The number of aliphatic hydroxyl groups is 4. The van der Waals surface area contributed by atoms with Crippen LogP contribution in [0.3, 0.4) is 0 Å². The van der Waals surface area contributed by atoms with Gasteiger partial charge in [-0.2, -0.15) is 0 Å². The van der Waals surface area contributed by atoms with Gasteiger partial charge in [-0.15, -0.1) is 0 Å². The van der Waals surface area contributed by atoms with E-state index in [1.165, 1.54) is 13.2 Å². The van der Waals surface area contributed by atoms with Gasteiger partial charge >= 0.3 is 0 Å². The van der Waals surface area contributed by atoms with Crippen molar-refractivity contribution in [1.82, 2.24) is 9.80 Å². The van der Waals surface area contributed by atoms with Crippen LogP contribution in [0.15, 0.2) is 23.0 Å². The molecule has 1 aromatic rings. The van der Waals surface area contributed by atoms with Crippen molar-refractivity contribution in [3.8, 4) is 11.5 Å². The van der Waals surface area contributed by atoms with E-state index in [0.717, 1.165) is 0 Å². The predicted octanol–water partition coefficient (Wildman–Crippen LogP) is 2.00. The van der Waals surface area contributed by atoms with Crippen LogP contribution >= 0.6 is 0 Å². The summed E-state index contributed by atoms with van der Waals surface area (Å²) < 4.78 is 11.7. The highest BCUT2D eigenvalue weighted by Crippen LogP contribution is 2.55. The van der Waals surface area contributed by atoms with E-state index in [4.69, 9.17) is 15.2 Å². The van der Waals surface area contributed by atoms with Crippen LogP contribution in [-0.2, 0) is 27.3 Å². The number of methoxy groups -OCH3 is 1. The first kappa shape index (κ1) is 33.7. The third-order valence-electron chi connectivity index (χ3n) is 9.73. The number of ketones is 1. The Morgan fingerprint density at radius 3 is 2.36 bits per heavy atom. The molecule has 0 bridgehead atoms. The number of likely N-dealkylation sites (N-methyl/N-ethyl adjacent to an activating group) is 2. The Balaban J connectivity index is 1.88. The molecule has 0 aliphatic heterocycles. The van der Waals surface area contributed by atoms with Gasteiger partial charge in [-0.05, 0) is 50.9 Å². The zero-order valence-electron chi connectivity index (χ0n) is 26.7. The first-order valence-electron chi connectivity index (χ1n) is 15.0. The molecule has 1 fully saturated rings. The minimum absolute atomic E-state index is 0.0262. The lowest BCUT2D eigenvalue weighted by Gasteiger charge is -2.53. The highest BCUT2D eigenvalue weighted by molar-refractivity contribution is 6.10. The molecule has 5 atom stereocenters. The van der Waals surface area contributed by atoms with Crippen molar-refractivity contribution in [2.24, 2.45) is 23.0 Å². The van der Waals surface area contributed by atoms with Crippen molar-refractivity contribution in [3.05, 3.63) is 39.7 Å². The molecule has 0 radical (unpaired) electrons. The van der Waals surface area contributed by atoms with Crippen LogP contribution in [0.5, 0.6) is 11.5 Å². The number of phenolic OH excluding ortho intramolecular Hbond substituents is 1. The van der Waals surface area contributed by atoms with Gasteiger partial charge in [0.25, 0.3) is 0 Å². The summed E-state index contributed by atoms with van der Waals surface area (Å²) >= 11 is 0. The number of hydrogen-bond donors (Lipinski definition) is 6. The van der Waals surface area contributed by atoms with Crippen molar-refractivity contribution in [3.63, 3.8) is 0 Å². The number of aromatic hydroxyl groups is 1. The largest absolute Gasteiger partial charge is 0.510 e. The van der Waals surface area contributed by atoms with Crippen LogP contribution in [0.1, 0.15) is 57.2 Å². The molecule has 1 aromatic carbocycles. The summed E-state index contributed by atoms with van der Waals surface area (Å²) in [4.78, 5) is 30.6. The second-order valence-corrected chi connectivity index (χ2v) is 13.4. The lowest BCUT2D eigenvalue weighted by Crippen LogP contribution is -2.63. The van der Waals surface area contributed by atoms with Gasteiger partial charge in [-0.25, -0.2) is 0 Å². The number of aliphatic hydroxyl groups excluding tert-OH is 4. The van der Waals surface area contributed by atoms with Crippen LogP contribution in [0.4, 0.5) is 0 Å². The zero-order valence-corrected chi connectivity index (χ0v) is 26.7. The highest BCUT2D eigenvalue weighted by atomic mass is 16.6. The molecule has 3 aliphatic carbocycles. The van der Waals surface area contributed by atoms with Gasteiger partial charge in [0.1, 0.15) is 35.4 Å². The number of nitrogens with zero attached hydrogens (tertiary/aromatic N) is 2. The second-order valence-electron chi connectivity index (χ2n) is 13.4. The molecule has 4 rings (SSSR count). The molecular formula is C32H47N3O9. The lowest BCUT2D eigenvalue weighted by atomic mass is 9.57.